The van der Waals surface area contributed by atoms with Crippen molar-refractivity contribution in [3.63, 3.8) is 0 Å². The minimum atomic E-state index is -0.172. The molecule has 0 amide bonds. The fraction of sp³-hybridized carbons (Fsp3) is 0.250. The monoisotopic (exact) mass is 338 g/mol. The van der Waals surface area contributed by atoms with Gasteiger partial charge in [-0.1, -0.05) is 76.2 Å². The lowest BCUT2D eigenvalue weighted by Gasteiger charge is -2.33. The van der Waals surface area contributed by atoms with Gasteiger partial charge in [-0.25, -0.2) is 9.97 Å². The first-order valence-corrected chi connectivity index (χ1v) is 9.32. The van der Waals surface area contributed by atoms with Crippen LogP contribution in [0.3, 0.4) is 0 Å². The van der Waals surface area contributed by atoms with Crippen LogP contribution in [0.5, 0.6) is 0 Å². The Morgan fingerprint density at radius 2 is 1.58 bits per heavy atom. The predicted molar refractivity (Wildman–Crippen MR) is 109 cm³/mol. The molecule has 2 nitrogen and oxygen atoms in total. The first-order chi connectivity index (χ1) is 12.5. The minimum absolute atomic E-state index is 0.172. The van der Waals surface area contributed by atoms with Crippen molar-refractivity contribution in [3.8, 4) is 11.3 Å². The van der Waals surface area contributed by atoms with Gasteiger partial charge in [-0.2, -0.15) is 0 Å². The summed E-state index contributed by atoms with van der Waals surface area (Å²) in [5.74, 6) is 0.425. The van der Waals surface area contributed by atoms with Gasteiger partial charge < -0.3 is 0 Å². The van der Waals surface area contributed by atoms with Crippen molar-refractivity contribution < 1.29 is 0 Å². The number of para-hydroxylation sites is 1. The summed E-state index contributed by atoms with van der Waals surface area (Å²) in [7, 11) is 0. The van der Waals surface area contributed by atoms with Gasteiger partial charge in [-0.05, 0) is 33.9 Å². The van der Waals surface area contributed by atoms with E-state index in [9.17, 15) is 0 Å². The number of fused-ring (bicyclic) bond motifs is 3. The second-order valence-electron chi connectivity index (χ2n) is 8.12. The molecular weight excluding hydrogens is 316 g/mol. The van der Waals surface area contributed by atoms with E-state index in [1.165, 1.54) is 27.5 Å². The van der Waals surface area contributed by atoms with Gasteiger partial charge in [0.25, 0.3) is 0 Å². The van der Waals surface area contributed by atoms with Crippen LogP contribution in [0.1, 0.15) is 50.4 Å². The average molecular weight is 338 g/mol. The summed E-state index contributed by atoms with van der Waals surface area (Å²) in [5, 5.41) is 2.60. The number of hydrogen-bond donors (Lipinski definition) is 0. The zero-order chi connectivity index (χ0) is 18.1. The Balaban J connectivity index is 1.97. The zero-order valence-electron chi connectivity index (χ0n) is 15.7. The highest BCUT2D eigenvalue weighted by atomic mass is 14.9. The Kier molecular flexibility index (Phi) is 3.06. The largest absolute Gasteiger partial charge is 0.248 e. The molecule has 1 aliphatic rings. The molecule has 4 aromatic rings. The molecule has 3 aromatic carbocycles. The van der Waals surface area contributed by atoms with E-state index >= 15 is 0 Å². The van der Waals surface area contributed by atoms with E-state index in [4.69, 9.17) is 9.97 Å². The number of hydrogen-bond acceptors (Lipinski definition) is 2. The van der Waals surface area contributed by atoms with Crippen molar-refractivity contribution in [2.75, 3.05) is 0 Å². The smallest absolute Gasteiger partial charge is 0.0940 e. The van der Waals surface area contributed by atoms with E-state index < -0.39 is 0 Å². The topological polar surface area (TPSA) is 25.8 Å². The van der Waals surface area contributed by atoms with Crippen molar-refractivity contribution in [1.82, 2.24) is 9.97 Å². The summed E-state index contributed by atoms with van der Waals surface area (Å²) in [4.78, 5) is 10.3. The number of aromatic nitrogens is 2. The molecule has 2 heteroatoms. The molecule has 1 heterocycles. The molecule has 1 aliphatic carbocycles. The third-order valence-electron chi connectivity index (χ3n) is 5.77. The van der Waals surface area contributed by atoms with Gasteiger partial charge >= 0.3 is 0 Å². The third-order valence-corrected chi connectivity index (χ3v) is 5.77. The van der Waals surface area contributed by atoms with E-state index in [1.807, 2.05) is 0 Å². The highest BCUT2D eigenvalue weighted by Crippen LogP contribution is 2.47. The highest BCUT2D eigenvalue weighted by molar-refractivity contribution is 6.02. The molecule has 0 N–H and O–H groups in total. The maximum Gasteiger partial charge on any atom is 0.0940 e. The normalized spacial score (nSPS) is 14.8. The molecule has 1 aromatic heterocycles. The summed E-state index contributed by atoms with van der Waals surface area (Å²) < 4.78 is 0. The Hall–Kier alpha value is -2.74. The van der Waals surface area contributed by atoms with E-state index in [0.717, 1.165) is 22.4 Å². The molecule has 128 valence electrons. The number of nitrogens with zero attached hydrogens (tertiary/aromatic N) is 2. The molecule has 26 heavy (non-hydrogen) atoms. The predicted octanol–water partition coefficient (Wildman–Crippen LogP) is 6.21. The van der Waals surface area contributed by atoms with Crippen LogP contribution in [0.25, 0.3) is 33.1 Å². The second-order valence-corrected chi connectivity index (χ2v) is 8.12. The molecule has 0 bridgehead atoms. The zero-order valence-corrected chi connectivity index (χ0v) is 15.7. The lowest BCUT2D eigenvalue weighted by molar-refractivity contribution is 0.620. The van der Waals surface area contributed by atoms with E-state index in [-0.39, 0.29) is 5.41 Å². The van der Waals surface area contributed by atoms with Crippen LogP contribution in [0, 0.1) is 0 Å². The van der Waals surface area contributed by atoms with Crippen LogP contribution in [-0.4, -0.2) is 9.97 Å². The second kappa shape index (κ2) is 5.14. The van der Waals surface area contributed by atoms with Gasteiger partial charge in [0.05, 0.1) is 22.4 Å². The maximum absolute atomic E-state index is 5.21. The Morgan fingerprint density at radius 3 is 2.35 bits per heavy atom. The lowest BCUT2D eigenvalue weighted by atomic mass is 9.72. The Bertz CT molecular complexity index is 1180. The van der Waals surface area contributed by atoms with Crippen LogP contribution in [0.4, 0.5) is 0 Å². The quantitative estimate of drug-likeness (QED) is 0.412. The van der Waals surface area contributed by atoms with Crippen molar-refractivity contribution in [1.29, 1.82) is 0 Å². The van der Waals surface area contributed by atoms with Crippen molar-refractivity contribution >= 4 is 21.8 Å². The third kappa shape index (κ3) is 1.93. The van der Waals surface area contributed by atoms with Crippen molar-refractivity contribution in [2.45, 2.75) is 39.0 Å². The molecule has 5 rings (SSSR count). The first kappa shape index (κ1) is 15.5. The molecule has 0 fully saturated rings. The van der Waals surface area contributed by atoms with Gasteiger partial charge in [-0.3, -0.25) is 0 Å². The Labute approximate surface area is 153 Å². The summed E-state index contributed by atoms with van der Waals surface area (Å²) in [6.07, 6.45) is 0. The molecule has 0 unspecified atom stereocenters. The van der Waals surface area contributed by atoms with Crippen LogP contribution in [0.15, 0.2) is 54.6 Å². The first-order valence-electron chi connectivity index (χ1n) is 9.32. The van der Waals surface area contributed by atoms with E-state index in [2.05, 4.69) is 82.3 Å². The maximum atomic E-state index is 5.21. The summed E-state index contributed by atoms with van der Waals surface area (Å²) in [5.41, 5.74) is 7.80. The summed E-state index contributed by atoms with van der Waals surface area (Å²) in [6.45, 7) is 8.98. The fourth-order valence-electron chi connectivity index (χ4n) is 4.38. The van der Waals surface area contributed by atoms with Crippen molar-refractivity contribution in [2.24, 2.45) is 0 Å². The molecule has 0 spiro atoms. The fourth-order valence-corrected chi connectivity index (χ4v) is 4.38. The number of rotatable bonds is 1. The van der Waals surface area contributed by atoms with Gasteiger partial charge in [0.1, 0.15) is 0 Å². The minimum Gasteiger partial charge on any atom is -0.248 e. The van der Waals surface area contributed by atoms with Crippen LogP contribution in [-0.2, 0) is 5.41 Å². The average Bonchev–Trinajstić information content (AvgIpc) is 2.64. The summed E-state index contributed by atoms with van der Waals surface area (Å²) >= 11 is 0. The molecule has 0 atom stereocenters. The van der Waals surface area contributed by atoms with Gasteiger partial charge in [0, 0.05) is 11.0 Å². The summed E-state index contributed by atoms with van der Waals surface area (Å²) in [6, 6.07) is 19.5. The molecule has 0 radical (unpaired) electrons. The molecule has 0 saturated heterocycles. The van der Waals surface area contributed by atoms with Crippen molar-refractivity contribution in [3.05, 3.63) is 71.4 Å². The van der Waals surface area contributed by atoms with Gasteiger partial charge in [-0.15, -0.1) is 0 Å². The van der Waals surface area contributed by atoms with Gasteiger partial charge in [0.15, 0.2) is 0 Å². The van der Waals surface area contributed by atoms with Crippen LogP contribution < -0.4 is 0 Å². The highest BCUT2D eigenvalue weighted by Gasteiger charge is 2.36. The van der Waals surface area contributed by atoms with Crippen LogP contribution in [0.2, 0.25) is 0 Å². The van der Waals surface area contributed by atoms with E-state index in [0.29, 0.717) is 5.92 Å². The molecular formula is C24H22N2. The van der Waals surface area contributed by atoms with Crippen LogP contribution >= 0.6 is 0 Å². The SMILES string of the molecule is CC(C)c1cccc2nc3c(nc12)C(C)(C)c1cccc2cccc-3c12. The lowest BCUT2D eigenvalue weighted by Crippen LogP contribution is -2.26. The van der Waals surface area contributed by atoms with Gasteiger partial charge in [0.2, 0.25) is 0 Å². The van der Waals surface area contributed by atoms with E-state index in [1.54, 1.807) is 0 Å². The number of benzene rings is 3. The molecule has 0 aliphatic heterocycles. The molecule has 0 saturated carbocycles. The Morgan fingerprint density at radius 1 is 0.846 bits per heavy atom. The standard InChI is InChI=1S/C24H22N2/c1-14(2)16-10-7-13-19-21(16)26-23-22(25-19)17-11-5-8-15-9-6-12-18(20(15)17)24(23,3)4/h5-14H,1-4H3.